The van der Waals surface area contributed by atoms with Crippen LogP contribution < -0.4 is 11.1 Å². The first-order valence-corrected chi connectivity index (χ1v) is 5.24. The molecule has 0 bridgehead atoms. The van der Waals surface area contributed by atoms with Crippen molar-refractivity contribution in [3.8, 4) is 0 Å². The van der Waals surface area contributed by atoms with E-state index in [9.17, 15) is 9.59 Å². The third-order valence-corrected chi connectivity index (χ3v) is 2.40. The molecule has 0 aliphatic heterocycles. The highest BCUT2D eigenvalue weighted by Gasteiger charge is 2.06. The number of thiazole rings is 1. The maximum atomic E-state index is 11.3. The number of rotatable bonds is 5. The van der Waals surface area contributed by atoms with Crippen LogP contribution in [-0.4, -0.2) is 16.8 Å². The van der Waals surface area contributed by atoms with Gasteiger partial charge in [0.1, 0.15) is 0 Å². The molecule has 0 aliphatic carbocycles. The highest BCUT2D eigenvalue weighted by Crippen LogP contribution is 2.16. The molecule has 1 aromatic rings. The van der Waals surface area contributed by atoms with Gasteiger partial charge in [-0.05, 0) is 13.3 Å². The fourth-order valence-corrected chi connectivity index (χ4v) is 1.58. The molecule has 0 aliphatic rings. The summed E-state index contributed by atoms with van der Waals surface area (Å²) in [5.41, 5.74) is 4.93. The number of nitrogens with one attached hydrogen (secondary N) is 1. The average molecular weight is 226 g/mol. The predicted molar refractivity (Wildman–Crippen MR) is 58.2 cm³/mol. The Balaban J connectivity index is 2.27. The molecule has 0 unspecified atom stereocenters. The molecule has 0 atom stereocenters. The average Bonchev–Trinajstić information content (AvgIpc) is 2.50. The molecule has 0 fully saturated rings. The Morgan fingerprint density at radius 3 is 2.93 bits per heavy atom. The largest absolute Gasteiger partial charge is 0.370 e. The molecule has 15 heavy (non-hydrogen) atoms. The van der Waals surface area contributed by atoms with Gasteiger partial charge in [0.05, 0.1) is 6.42 Å². The molecule has 0 saturated heterocycles. The van der Waals surface area contributed by atoms with E-state index >= 15 is 0 Å². The normalized spacial score (nSPS) is 9.93. The van der Waals surface area contributed by atoms with Gasteiger partial charge in [-0.1, -0.05) is 0 Å². The molecule has 6 heteroatoms. The number of nitrogens with two attached hydrogens (primary N) is 1. The predicted octanol–water partition coefficient (Wildman–Crippen LogP) is 0.860. The Hall–Kier alpha value is -1.43. The Bertz CT molecular complexity index is 362. The van der Waals surface area contributed by atoms with Crippen molar-refractivity contribution in [3.63, 3.8) is 0 Å². The summed E-state index contributed by atoms with van der Waals surface area (Å²) in [7, 11) is 0. The lowest BCUT2D eigenvalue weighted by Crippen LogP contribution is -2.15. The second-order valence-electron chi connectivity index (χ2n) is 2.97. The Morgan fingerprint density at radius 1 is 1.67 bits per heavy atom. The highest BCUT2D eigenvalue weighted by molar-refractivity contribution is 7.15. The van der Waals surface area contributed by atoms with E-state index in [0.717, 1.165) is 4.88 Å². The van der Waals surface area contributed by atoms with E-state index in [4.69, 9.17) is 5.73 Å². The minimum Gasteiger partial charge on any atom is -0.370 e. The van der Waals surface area contributed by atoms with Crippen LogP contribution in [0.15, 0.2) is 6.20 Å². The Morgan fingerprint density at radius 2 is 2.40 bits per heavy atom. The molecule has 1 heterocycles. The second-order valence-corrected chi connectivity index (χ2v) is 4.21. The maximum Gasteiger partial charge on any atom is 0.230 e. The standard InChI is InChI=1S/C9H12N3O2S/c1-6-5-11-9(15-6)12-8(14)4-2-3-7(10)13/h4-5H,2-3H2,1H3,(H2,10,13)(H,11,12,14). The molecule has 2 amide bonds. The van der Waals surface area contributed by atoms with E-state index < -0.39 is 5.91 Å². The molecule has 1 rings (SSSR count). The van der Waals surface area contributed by atoms with Crippen molar-refractivity contribution < 1.29 is 9.59 Å². The fourth-order valence-electron chi connectivity index (χ4n) is 0.914. The van der Waals surface area contributed by atoms with Gasteiger partial charge < -0.3 is 11.1 Å². The molecule has 0 saturated carbocycles. The van der Waals surface area contributed by atoms with Crippen LogP contribution in [0.3, 0.4) is 0 Å². The van der Waals surface area contributed by atoms with E-state index in [0.29, 0.717) is 11.6 Å². The van der Waals surface area contributed by atoms with Crippen LogP contribution in [0, 0.1) is 13.3 Å². The lowest BCUT2D eigenvalue weighted by molar-refractivity contribution is -0.118. The van der Waals surface area contributed by atoms with Gasteiger partial charge in [-0.2, -0.15) is 0 Å². The lowest BCUT2D eigenvalue weighted by atomic mass is 10.2. The van der Waals surface area contributed by atoms with Gasteiger partial charge >= 0.3 is 0 Å². The number of aryl methyl sites for hydroxylation is 1. The third-order valence-electron chi connectivity index (χ3n) is 1.57. The third kappa shape index (κ3) is 4.55. The second kappa shape index (κ2) is 5.45. The van der Waals surface area contributed by atoms with Gasteiger partial charge in [0.15, 0.2) is 5.13 Å². The summed E-state index contributed by atoms with van der Waals surface area (Å²) in [5, 5.41) is 3.16. The van der Waals surface area contributed by atoms with Gasteiger partial charge in [0.2, 0.25) is 11.8 Å². The van der Waals surface area contributed by atoms with Gasteiger partial charge in [0.25, 0.3) is 0 Å². The van der Waals surface area contributed by atoms with E-state index in [1.807, 2.05) is 6.92 Å². The minimum absolute atomic E-state index is 0.185. The van der Waals surface area contributed by atoms with Crippen LogP contribution >= 0.6 is 11.3 Å². The van der Waals surface area contributed by atoms with E-state index in [1.165, 1.54) is 17.8 Å². The SMILES string of the molecule is Cc1cnc(NC(=O)[CH]CCC(N)=O)s1. The zero-order valence-electron chi connectivity index (χ0n) is 8.32. The van der Waals surface area contributed by atoms with E-state index in [1.54, 1.807) is 6.20 Å². The van der Waals surface area contributed by atoms with Crippen molar-refractivity contribution in [2.45, 2.75) is 19.8 Å². The number of carbonyl (C=O) groups is 2. The number of hydrogen-bond donors (Lipinski definition) is 2. The van der Waals surface area contributed by atoms with Gasteiger partial charge in [-0.25, -0.2) is 4.98 Å². The Kier molecular flexibility index (Phi) is 4.23. The summed E-state index contributed by atoms with van der Waals surface area (Å²) in [6, 6.07) is 0. The van der Waals surface area contributed by atoms with Crippen molar-refractivity contribution in [2.75, 3.05) is 5.32 Å². The monoisotopic (exact) mass is 226 g/mol. The topological polar surface area (TPSA) is 85.1 Å². The summed E-state index contributed by atoms with van der Waals surface area (Å²) in [4.78, 5) is 26.7. The lowest BCUT2D eigenvalue weighted by Gasteiger charge is -1.99. The van der Waals surface area contributed by atoms with Crippen molar-refractivity contribution in [3.05, 3.63) is 17.5 Å². The summed E-state index contributed by atoms with van der Waals surface area (Å²) in [5.74, 6) is -0.672. The first-order valence-electron chi connectivity index (χ1n) is 4.43. The number of carbonyl (C=O) groups excluding carboxylic acids is 2. The molecular weight excluding hydrogens is 214 g/mol. The van der Waals surface area contributed by atoms with Crippen LogP contribution in [0.4, 0.5) is 5.13 Å². The number of amides is 2. The van der Waals surface area contributed by atoms with Crippen LogP contribution in [-0.2, 0) is 9.59 Å². The molecule has 1 radical (unpaired) electrons. The maximum absolute atomic E-state index is 11.3. The molecule has 1 aromatic heterocycles. The first-order chi connectivity index (χ1) is 7.08. The molecular formula is C9H12N3O2S. The van der Waals surface area contributed by atoms with Gasteiger partial charge in [-0.15, -0.1) is 11.3 Å². The van der Waals surface area contributed by atoms with Gasteiger partial charge in [0, 0.05) is 17.5 Å². The van der Waals surface area contributed by atoms with Crippen LogP contribution in [0.25, 0.3) is 0 Å². The van der Waals surface area contributed by atoms with Gasteiger partial charge in [-0.3, -0.25) is 9.59 Å². The molecule has 0 spiro atoms. The smallest absolute Gasteiger partial charge is 0.230 e. The van der Waals surface area contributed by atoms with Crippen LogP contribution in [0.5, 0.6) is 0 Å². The zero-order valence-corrected chi connectivity index (χ0v) is 9.13. The summed E-state index contributed by atoms with van der Waals surface area (Å²) >= 11 is 1.40. The van der Waals surface area contributed by atoms with E-state index in [2.05, 4.69) is 10.3 Å². The Labute approximate surface area is 91.7 Å². The summed E-state index contributed by atoms with van der Waals surface area (Å²) < 4.78 is 0. The van der Waals surface area contributed by atoms with Crippen molar-refractivity contribution >= 4 is 28.3 Å². The number of primary amides is 1. The quantitative estimate of drug-likeness (QED) is 0.780. The minimum atomic E-state index is -0.413. The zero-order chi connectivity index (χ0) is 11.3. The molecule has 3 N–H and O–H groups in total. The summed E-state index contributed by atoms with van der Waals surface area (Å²) in [6.45, 7) is 1.91. The fraction of sp³-hybridized carbons (Fsp3) is 0.333. The first kappa shape index (κ1) is 11.6. The number of hydrogen-bond acceptors (Lipinski definition) is 4. The molecule has 81 valence electrons. The molecule has 0 aromatic carbocycles. The van der Waals surface area contributed by atoms with E-state index in [-0.39, 0.29) is 12.3 Å². The summed E-state index contributed by atoms with van der Waals surface area (Å²) in [6.07, 6.45) is 3.61. The number of aromatic nitrogens is 1. The number of anilines is 1. The molecule has 5 nitrogen and oxygen atoms in total. The van der Waals surface area contributed by atoms with Crippen molar-refractivity contribution in [1.82, 2.24) is 4.98 Å². The highest BCUT2D eigenvalue weighted by atomic mass is 32.1. The van der Waals surface area contributed by atoms with Crippen LogP contribution in [0.1, 0.15) is 17.7 Å². The van der Waals surface area contributed by atoms with Crippen molar-refractivity contribution in [2.24, 2.45) is 5.73 Å². The van der Waals surface area contributed by atoms with Crippen LogP contribution in [0.2, 0.25) is 0 Å². The van der Waals surface area contributed by atoms with Crippen molar-refractivity contribution in [1.29, 1.82) is 0 Å². The number of nitrogens with zero attached hydrogens (tertiary/aromatic N) is 1.